The average Bonchev–Trinajstić information content (AvgIpc) is 2.62. The van der Waals surface area contributed by atoms with E-state index < -0.39 is 0 Å². The molecule has 0 saturated heterocycles. The predicted octanol–water partition coefficient (Wildman–Crippen LogP) is 3.23. The standard InChI is InChI=1S/C16H15P/c1-2-10-15(11-3-1)17-13-7-6-9-14-8-4-5-12-16(14)17/h1-8,10-12H,9,13H2. The van der Waals surface area contributed by atoms with Crippen LogP contribution < -0.4 is 10.6 Å². The van der Waals surface area contributed by atoms with E-state index in [0.717, 1.165) is 6.42 Å². The van der Waals surface area contributed by atoms with Gasteiger partial charge in [-0.2, -0.15) is 0 Å². The Bertz CT molecular complexity index is 528. The number of allylic oxidation sites excluding steroid dienone is 2. The average molecular weight is 238 g/mol. The molecule has 0 fully saturated rings. The number of hydrogen-bond acceptors (Lipinski definition) is 0. The molecule has 17 heavy (non-hydrogen) atoms. The molecular formula is C16H15P. The van der Waals surface area contributed by atoms with Gasteiger partial charge in [-0.05, 0) is 36.7 Å². The molecule has 2 aromatic carbocycles. The molecule has 0 aliphatic carbocycles. The highest BCUT2D eigenvalue weighted by molar-refractivity contribution is 7.73. The highest BCUT2D eigenvalue weighted by Gasteiger charge is 2.16. The summed E-state index contributed by atoms with van der Waals surface area (Å²) < 4.78 is 0. The van der Waals surface area contributed by atoms with Gasteiger partial charge in [0.25, 0.3) is 0 Å². The van der Waals surface area contributed by atoms with Crippen molar-refractivity contribution < 1.29 is 0 Å². The molecule has 0 amide bonds. The summed E-state index contributed by atoms with van der Waals surface area (Å²) in [6, 6.07) is 19.8. The second-order valence-corrected chi connectivity index (χ2v) is 6.47. The van der Waals surface area contributed by atoms with Gasteiger partial charge >= 0.3 is 0 Å². The highest BCUT2D eigenvalue weighted by atomic mass is 31.1. The van der Waals surface area contributed by atoms with Crippen molar-refractivity contribution in [1.29, 1.82) is 0 Å². The van der Waals surface area contributed by atoms with E-state index in [-0.39, 0.29) is 7.92 Å². The third kappa shape index (κ3) is 2.18. The van der Waals surface area contributed by atoms with Gasteiger partial charge in [0.2, 0.25) is 0 Å². The topological polar surface area (TPSA) is 0 Å². The van der Waals surface area contributed by atoms with Crippen molar-refractivity contribution in [3.63, 3.8) is 0 Å². The van der Waals surface area contributed by atoms with Crippen molar-refractivity contribution in [3.05, 3.63) is 72.3 Å². The quantitative estimate of drug-likeness (QED) is 0.528. The van der Waals surface area contributed by atoms with Gasteiger partial charge in [0.15, 0.2) is 0 Å². The Balaban J connectivity index is 2.09. The molecule has 84 valence electrons. The largest absolute Gasteiger partial charge is 0.0837 e. The van der Waals surface area contributed by atoms with Crippen molar-refractivity contribution in [3.8, 4) is 0 Å². The molecule has 0 bridgehead atoms. The summed E-state index contributed by atoms with van der Waals surface area (Å²) in [4.78, 5) is 0. The molecule has 0 nitrogen and oxygen atoms in total. The molecule has 0 aromatic heterocycles. The second kappa shape index (κ2) is 4.85. The van der Waals surface area contributed by atoms with E-state index >= 15 is 0 Å². The minimum atomic E-state index is -0.196. The molecule has 0 N–H and O–H groups in total. The van der Waals surface area contributed by atoms with Gasteiger partial charge in [-0.1, -0.05) is 66.7 Å². The number of fused-ring (bicyclic) bond motifs is 1. The van der Waals surface area contributed by atoms with Crippen LogP contribution in [0.3, 0.4) is 0 Å². The second-order valence-electron chi connectivity index (χ2n) is 4.25. The van der Waals surface area contributed by atoms with E-state index in [9.17, 15) is 0 Å². The Labute approximate surface area is 104 Å². The number of benzene rings is 2. The Kier molecular flexibility index (Phi) is 3.07. The molecule has 3 rings (SSSR count). The summed E-state index contributed by atoms with van der Waals surface area (Å²) in [5.41, 5.74) is 1.50. The first-order valence-corrected chi connectivity index (χ1v) is 7.53. The minimum Gasteiger partial charge on any atom is -0.0837 e. The van der Waals surface area contributed by atoms with Crippen molar-refractivity contribution in [2.24, 2.45) is 0 Å². The van der Waals surface area contributed by atoms with Crippen LogP contribution in [-0.2, 0) is 6.42 Å². The smallest absolute Gasteiger partial charge is 0.00640 e. The lowest BCUT2D eigenvalue weighted by molar-refractivity contribution is 1.29. The lowest BCUT2D eigenvalue weighted by Crippen LogP contribution is -2.15. The van der Waals surface area contributed by atoms with Crippen LogP contribution in [-0.4, -0.2) is 6.16 Å². The third-order valence-electron chi connectivity index (χ3n) is 3.14. The van der Waals surface area contributed by atoms with Crippen molar-refractivity contribution in [1.82, 2.24) is 0 Å². The normalized spacial score (nSPS) is 18.5. The monoisotopic (exact) mass is 238 g/mol. The van der Waals surface area contributed by atoms with Crippen LogP contribution in [0.2, 0.25) is 0 Å². The van der Waals surface area contributed by atoms with Gasteiger partial charge in [-0.25, -0.2) is 0 Å². The van der Waals surface area contributed by atoms with Crippen LogP contribution >= 0.6 is 7.92 Å². The van der Waals surface area contributed by atoms with Gasteiger partial charge in [-0.3, -0.25) is 0 Å². The van der Waals surface area contributed by atoms with Gasteiger partial charge < -0.3 is 0 Å². The maximum absolute atomic E-state index is 2.35. The molecule has 1 aliphatic heterocycles. The van der Waals surface area contributed by atoms with Gasteiger partial charge in [0.05, 0.1) is 0 Å². The zero-order chi connectivity index (χ0) is 11.5. The SMILES string of the molecule is C1=CCP(c2ccccc2)c2ccccc2C1. The van der Waals surface area contributed by atoms with Gasteiger partial charge in [-0.15, -0.1) is 0 Å². The van der Waals surface area contributed by atoms with Crippen LogP contribution in [0.4, 0.5) is 0 Å². The molecule has 0 radical (unpaired) electrons. The molecule has 2 aromatic rings. The lowest BCUT2D eigenvalue weighted by atomic mass is 10.1. The summed E-state index contributed by atoms with van der Waals surface area (Å²) in [7, 11) is -0.196. The van der Waals surface area contributed by atoms with Crippen LogP contribution in [0.25, 0.3) is 0 Å². The van der Waals surface area contributed by atoms with E-state index in [1.807, 2.05) is 0 Å². The molecule has 0 spiro atoms. The van der Waals surface area contributed by atoms with E-state index in [1.165, 1.54) is 17.0 Å². The molecule has 1 atom stereocenters. The minimum absolute atomic E-state index is 0.196. The summed E-state index contributed by atoms with van der Waals surface area (Å²) >= 11 is 0. The Hall–Kier alpha value is -1.39. The molecule has 0 saturated carbocycles. The zero-order valence-corrected chi connectivity index (χ0v) is 10.6. The summed E-state index contributed by atoms with van der Waals surface area (Å²) in [6.07, 6.45) is 6.92. The van der Waals surface area contributed by atoms with Crippen LogP contribution in [0, 0.1) is 0 Å². The molecule has 1 heteroatoms. The Morgan fingerprint density at radius 2 is 1.53 bits per heavy atom. The Morgan fingerprint density at radius 3 is 2.41 bits per heavy atom. The molecular weight excluding hydrogens is 223 g/mol. The van der Waals surface area contributed by atoms with Crippen LogP contribution in [0.15, 0.2) is 66.7 Å². The van der Waals surface area contributed by atoms with E-state index in [4.69, 9.17) is 0 Å². The Morgan fingerprint density at radius 1 is 0.765 bits per heavy atom. The first kappa shape index (κ1) is 10.7. The fourth-order valence-electron chi connectivity index (χ4n) is 2.29. The van der Waals surface area contributed by atoms with E-state index in [1.54, 1.807) is 5.30 Å². The lowest BCUT2D eigenvalue weighted by Gasteiger charge is -2.18. The molecule has 1 unspecified atom stereocenters. The van der Waals surface area contributed by atoms with Gasteiger partial charge in [0.1, 0.15) is 0 Å². The predicted molar refractivity (Wildman–Crippen MR) is 76.8 cm³/mol. The maximum atomic E-state index is 2.35. The van der Waals surface area contributed by atoms with Crippen molar-refractivity contribution in [2.45, 2.75) is 6.42 Å². The summed E-state index contributed by atoms with van der Waals surface area (Å²) in [6.45, 7) is 0. The summed E-state index contributed by atoms with van der Waals surface area (Å²) in [5.74, 6) is 0. The first-order valence-electron chi connectivity index (χ1n) is 6.00. The van der Waals surface area contributed by atoms with Crippen molar-refractivity contribution in [2.75, 3.05) is 6.16 Å². The fraction of sp³-hybridized carbons (Fsp3) is 0.125. The number of rotatable bonds is 1. The van der Waals surface area contributed by atoms with Crippen molar-refractivity contribution >= 4 is 18.5 Å². The van der Waals surface area contributed by atoms with Crippen LogP contribution in [0.1, 0.15) is 5.56 Å². The van der Waals surface area contributed by atoms with Crippen LogP contribution in [0.5, 0.6) is 0 Å². The zero-order valence-electron chi connectivity index (χ0n) is 9.71. The van der Waals surface area contributed by atoms with E-state index in [0.29, 0.717) is 0 Å². The summed E-state index contributed by atoms with van der Waals surface area (Å²) in [5, 5.41) is 3.04. The number of hydrogen-bond donors (Lipinski definition) is 0. The van der Waals surface area contributed by atoms with Gasteiger partial charge in [0, 0.05) is 0 Å². The fourth-order valence-corrected chi connectivity index (χ4v) is 4.64. The molecule has 1 heterocycles. The first-order chi connectivity index (χ1) is 8.45. The highest BCUT2D eigenvalue weighted by Crippen LogP contribution is 2.36. The van der Waals surface area contributed by atoms with E-state index in [2.05, 4.69) is 66.7 Å². The maximum Gasteiger partial charge on any atom is -0.00640 e. The molecule has 1 aliphatic rings. The third-order valence-corrected chi connectivity index (χ3v) is 5.66.